The highest BCUT2D eigenvalue weighted by Crippen LogP contribution is 2.31. The SMILES string of the molecule is CCOC(=O)C1CCN(CC2CC(S)CN2S(=O)(=O)c2ccc3ccccc3c2)CC1. The number of ether oxygens (including phenoxy) is 1. The minimum atomic E-state index is -3.61. The summed E-state index contributed by atoms with van der Waals surface area (Å²) in [6, 6.07) is 13.0. The molecule has 2 heterocycles. The van der Waals surface area contributed by atoms with Gasteiger partial charge in [0.05, 0.1) is 17.4 Å². The number of fused-ring (bicyclic) bond motifs is 1. The predicted molar refractivity (Wildman–Crippen MR) is 125 cm³/mol. The van der Waals surface area contributed by atoms with E-state index in [1.165, 1.54) is 0 Å². The van der Waals surface area contributed by atoms with Crippen LogP contribution in [0, 0.1) is 5.92 Å². The summed E-state index contributed by atoms with van der Waals surface area (Å²) in [7, 11) is -3.61. The number of esters is 1. The highest BCUT2D eigenvalue weighted by molar-refractivity contribution is 7.89. The molecule has 0 radical (unpaired) electrons. The van der Waals surface area contributed by atoms with Gasteiger partial charge in [-0.15, -0.1) is 0 Å². The number of hydrogen-bond donors (Lipinski definition) is 1. The quantitative estimate of drug-likeness (QED) is 0.528. The summed E-state index contributed by atoms with van der Waals surface area (Å²) in [5.74, 6) is -0.159. The van der Waals surface area contributed by atoms with Crippen LogP contribution in [0.1, 0.15) is 26.2 Å². The van der Waals surface area contributed by atoms with Gasteiger partial charge in [-0.25, -0.2) is 8.42 Å². The maximum absolute atomic E-state index is 13.5. The number of nitrogens with zero attached hydrogens (tertiary/aromatic N) is 2. The van der Waals surface area contributed by atoms with Crippen LogP contribution in [0.3, 0.4) is 0 Å². The van der Waals surface area contributed by atoms with Gasteiger partial charge in [0.25, 0.3) is 0 Å². The molecule has 6 nitrogen and oxygen atoms in total. The lowest BCUT2D eigenvalue weighted by Gasteiger charge is -2.34. The van der Waals surface area contributed by atoms with E-state index in [0.717, 1.165) is 43.1 Å². The molecule has 2 unspecified atom stereocenters. The van der Waals surface area contributed by atoms with Crippen molar-refractivity contribution in [3.63, 3.8) is 0 Å². The van der Waals surface area contributed by atoms with Crippen molar-refractivity contribution < 1.29 is 17.9 Å². The van der Waals surface area contributed by atoms with Gasteiger partial charge in [-0.2, -0.15) is 16.9 Å². The number of piperidine rings is 1. The summed E-state index contributed by atoms with van der Waals surface area (Å²) in [6.07, 6.45) is 2.24. The Kier molecular flexibility index (Phi) is 6.91. The van der Waals surface area contributed by atoms with Crippen molar-refractivity contribution in [1.29, 1.82) is 0 Å². The van der Waals surface area contributed by atoms with E-state index in [2.05, 4.69) is 17.5 Å². The van der Waals surface area contributed by atoms with E-state index in [1.54, 1.807) is 16.4 Å². The number of carbonyl (C=O) groups is 1. The number of sulfonamides is 1. The average Bonchev–Trinajstić information content (AvgIpc) is 3.15. The Morgan fingerprint density at radius 1 is 1.13 bits per heavy atom. The van der Waals surface area contributed by atoms with Crippen LogP contribution in [0.25, 0.3) is 10.8 Å². The molecule has 168 valence electrons. The van der Waals surface area contributed by atoms with Crippen molar-refractivity contribution in [2.75, 3.05) is 32.8 Å². The second-order valence-corrected chi connectivity index (χ2v) is 11.1. The molecule has 8 heteroatoms. The Balaban J connectivity index is 1.47. The molecular formula is C23H30N2O4S2. The van der Waals surface area contributed by atoms with E-state index in [-0.39, 0.29) is 23.2 Å². The highest BCUT2D eigenvalue weighted by Gasteiger charge is 2.40. The molecular weight excluding hydrogens is 432 g/mol. The van der Waals surface area contributed by atoms with E-state index in [1.807, 2.05) is 37.3 Å². The Labute approximate surface area is 190 Å². The molecule has 2 saturated heterocycles. The molecule has 0 spiro atoms. The number of thiol groups is 1. The second-order valence-electron chi connectivity index (χ2n) is 8.45. The van der Waals surface area contributed by atoms with Gasteiger partial charge >= 0.3 is 5.97 Å². The molecule has 0 aromatic heterocycles. The minimum Gasteiger partial charge on any atom is -0.466 e. The van der Waals surface area contributed by atoms with Crippen molar-refractivity contribution in [2.45, 2.75) is 42.4 Å². The fourth-order valence-electron chi connectivity index (χ4n) is 4.70. The van der Waals surface area contributed by atoms with E-state index in [4.69, 9.17) is 4.74 Å². The molecule has 2 aliphatic heterocycles. The first-order valence-corrected chi connectivity index (χ1v) is 12.9. The first kappa shape index (κ1) is 22.6. The number of benzene rings is 2. The molecule has 2 atom stereocenters. The Bertz CT molecular complexity index is 1030. The normalized spacial score (nSPS) is 23.9. The van der Waals surface area contributed by atoms with Crippen LogP contribution in [-0.2, 0) is 19.6 Å². The van der Waals surface area contributed by atoms with Crippen LogP contribution < -0.4 is 0 Å². The van der Waals surface area contributed by atoms with Gasteiger partial charge in [-0.1, -0.05) is 30.3 Å². The third-order valence-corrected chi connectivity index (χ3v) is 8.63. The number of rotatable bonds is 6. The van der Waals surface area contributed by atoms with E-state index < -0.39 is 10.0 Å². The molecule has 0 bridgehead atoms. The molecule has 0 aliphatic carbocycles. The van der Waals surface area contributed by atoms with E-state index >= 15 is 0 Å². The third-order valence-electron chi connectivity index (χ3n) is 6.35. The zero-order valence-electron chi connectivity index (χ0n) is 17.8. The molecule has 0 amide bonds. The zero-order chi connectivity index (χ0) is 22.0. The van der Waals surface area contributed by atoms with Crippen LogP contribution in [0.4, 0.5) is 0 Å². The van der Waals surface area contributed by atoms with Crippen molar-refractivity contribution in [3.05, 3.63) is 42.5 Å². The van der Waals surface area contributed by atoms with Gasteiger partial charge in [-0.3, -0.25) is 4.79 Å². The topological polar surface area (TPSA) is 66.9 Å². The second kappa shape index (κ2) is 9.48. The lowest BCUT2D eigenvalue weighted by molar-refractivity contribution is -0.149. The van der Waals surface area contributed by atoms with Gasteiger partial charge in [0.2, 0.25) is 10.0 Å². The fraction of sp³-hybridized carbons (Fsp3) is 0.522. The smallest absolute Gasteiger partial charge is 0.309 e. The van der Waals surface area contributed by atoms with E-state index in [0.29, 0.717) is 24.6 Å². The van der Waals surface area contributed by atoms with Crippen molar-refractivity contribution >= 4 is 39.4 Å². The average molecular weight is 463 g/mol. The van der Waals surface area contributed by atoms with Crippen LogP contribution in [-0.4, -0.2) is 67.7 Å². The Hall–Kier alpha value is -1.61. The lowest BCUT2D eigenvalue weighted by Crippen LogP contribution is -2.46. The number of likely N-dealkylation sites (tertiary alicyclic amines) is 1. The van der Waals surface area contributed by atoms with Crippen molar-refractivity contribution in [3.8, 4) is 0 Å². The van der Waals surface area contributed by atoms with Gasteiger partial charge in [0.1, 0.15) is 0 Å². The lowest BCUT2D eigenvalue weighted by atomic mass is 9.96. The van der Waals surface area contributed by atoms with Gasteiger partial charge in [-0.05, 0) is 62.2 Å². The van der Waals surface area contributed by atoms with Crippen molar-refractivity contribution in [1.82, 2.24) is 9.21 Å². The number of carbonyl (C=O) groups excluding carboxylic acids is 1. The molecule has 2 aliphatic rings. The maximum Gasteiger partial charge on any atom is 0.309 e. The van der Waals surface area contributed by atoms with Crippen molar-refractivity contribution in [2.24, 2.45) is 5.92 Å². The molecule has 2 fully saturated rings. The van der Waals surface area contributed by atoms with Crippen LogP contribution in [0.5, 0.6) is 0 Å². The summed E-state index contributed by atoms with van der Waals surface area (Å²) in [6.45, 7) is 4.88. The Morgan fingerprint density at radius 2 is 1.84 bits per heavy atom. The summed E-state index contributed by atoms with van der Waals surface area (Å²) in [4.78, 5) is 14.6. The summed E-state index contributed by atoms with van der Waals surface area (Å²) >= 11 is 4.61. The summed E-state index contributed by atoms with van der Waals surface area (Å²) in [5, 5.41) is 1.97. The molecule has 0 saturated carbocycles. The van der Waals surface area contributed by atoms with Crippen LogP contribution in [0.15, 0.2) is 47.4 Å². The standard InChI is InChI=1S/C23H30N2O4S2/c1-2-29-23(26)18-9-11-24(12-10-18)15-20-14-21(30)16-25(20)31(27,28)22-8-7-17-5-3-4-6-19(17)13-22/h3-8,13,18,20-21,30H,2,9-12,14-16H2,1H3. The zero-order valence-corrected chi connectivity index (χ0v) is 19.5. The monoisotopic (exact) mass is 462 g/mol. The first-order valence-electron chi connectivity index (χ1n) is 11.0. The fourth-order valence-corrected chi connectivity index (χ4v) is 6.93. The molecule has 0 N–H and O–H groups in total. The predicted octanol–water partition coefficient (Wildman–Crippen LogP) is 3.18. The minimum absolute atomic E-state index is 0.0253. The highest BCUT2D eigenvalue weighted by atomic mass is 32.2. The van der Waals surface area contributed by atoms with Crippen LogP contribution >= 0.6 is 12.6 Å². The largest absolute Gasteiger partial charge is 0.466 e. The Morgan fingerprint density at radius 3 is 2.55 bits per heavy atom. The third kappa shape index (κ3) is 4.92. The number of hydrogen-bond acceptors (Lipinski definition) is 6. The molecule has 4 rings (SSSR count). The molecule has 2 aromatic carbocycles. The molecule has 31 heavy (non-hydrogen) atoms. The van der Waals surface area contributed by atoms with Crippen LogP contribution in [0.2, 0.25) is 0 Å². The van der Waals surface area contributed by atoms with Gasteiger partial charge in [0, 0.05) is 24.4 Å². The van der Waals surface area contributed by atoms with E-state index in [9.17, 15) is 13.2 Å². The summed E-state index contributed by atoms with van der Waals surface area (Å²) < 4.78 is 33.8. The molecule has 2 aromatic rings. The maximum atomic E-state index is 13.5. The van der Waals surface area contributed by atoms with Gasteiger partial charge < -0.3 is 9.64 Å². The summed E-state index contributed by atoms with van der Waals surface area (Å²) in [5.41, 5.74) is 0. The first-order chi connectivity index (χ1) is 14.9. The van der Waals surface area contributed by atoms with Gasteiger partial charge in [0.15, 0.2) is 0 Å².